The smallest absolute Gasteiger partial charge is 0.221 e. The van der Waals surface area contributed by atoms with Gasteiger partial charge >= 0.3 is 0 Å². The second-order valence-electron chi connectivity index (χ2n) is 3.87. The highest BCUT2D eigenvalue weighted by molar-refractivity contribution is 7.99. The van der Waals surface area contributed by atoms with Crippen molar-refractivity contribution in [1.82, 2.24) is 9.78 Å². The molecule has 0 aliphatic heterocycles. The number of aromatic nitrogens is 2. The minimum absolute atomic E-state index is 0.0793. The Bertz CT molecular complexity index is 562. The molecule has 94 valence electrons. The zero-order valence-corrected chi connectivity index (χ0v) is 11.0. The number of nitrogens with two attached hydrogens (primary N) is 1. The monoisotopic (exact) mass is 262 g/mol. The van der Waals surface area contributed by atoms with E-state index in [9.17, 15) is 4.79 Å². The third-order valence-electron chi connectivity index (χ3n) is 2.21. The van der Waals surface area contributed by atoms with Gasteiger partial charge in [-0.15, -0.1) is 0 Å². The topological polar surface area (TPSA) is 72.9 Å². The van der Waals surface area contributed by atoms with Crippen LogP contribution in [0.1, 0.15) is 6.92 Å². The molecule has 1 aromatic carbocycles. The number of amides is 1. The highest BCUT2D eigenvalue weighted by Crippen LogP contribution is 2.30. The number of hydrogen-bond donors (Lipinski definition) is 2. The molecule has 0 saturated carbocycles. The molecule has 3 N–H and O–H groups in total. The van der Waals surface area contributed by atoms with Crippen molar-refractivity contribution < 1.29 is 4.79 Å². The molecule has 1 amide bonds. The molecule has 0 radical (unpaired) electrons. The first-order valence-corrected chi connectivity index (χ1v) is 6.21. The molecule has 0 fully saturated rings. The fourth-order valence-corrected chi connectivity index (χ4v) is 2.32. The minimum atomic E-state index is -0.0793. The average Bonchev–Trinajstić information content (AvgIpc) is 2.59. The van der Waals surface area contributed by atoms with E-state index in [-0.39, 0.29) is 5.91 Å². The summed E-state index contributed by atoms with van der Waals surface area (Å²) in [5.41, 5.74) is 7.26. The van der Waals surface area contributed by atoms with Crippen LogP contribution in [-0.4, -0.2) is 15.7 Å². The van der Waals surface area contributed by atoms with Crippen molar-refractivity contribution in [2.24, 2.45) is 7.05 Å². The van der Waals surface area contributed by atoms with Crippen LogP contribution >= 0.6 is 11.8 Å². The van der Waals surface area contributed by atoms with Crippen LogP contribution in [0.4, 0.5) is 11.4 Å². The van der Waals surface area contributed by atoms with E-state index in [1.165, 1.54) is 18.7 Å². The summed E-state index contributed by atoms with van der Waals surface area (Å²) in [6.45, 7) is 1.48. The molecule has 0 saturated heterocycles. The number of hydrogen-bond acceptors (Lipinski definition) is 4. The molecule has 0 aliphatic rings. The molecule has 0 aliphatic carbocycles. The van der Waals surface area contributed by atoms with E-state index in [0.29, 0.717) is 5.69 Å². The number of aryl methyl sites for hydroxylation is 1. The van der Waals surface area contributed by atoms with Crippen LogP contribution in [-0.2, 0) is 11.8 Å². The van der Waals surface area contributed by atoms with Gasteiger partial charge in [-0.3, -0.25) is 9.48 Å². The molecule has 6 heteroatoms. The Morgan fingerprint density at radius 2 is 2.06 bits per heavy atom. The van der Waals surface area contributed by atoms with Crippen molar-refractivity contribution >= 4 is 29.0 Å². The number of nitrogens with zero attached hydrogens (tertiary/aromatic N) is 2. The second kappa shape index (κ2) is 5.14. The highest BCUT2D eigenvalue weighted by Gasteiger charge is 2.06. The van der Waals surface area contributed by atoms with Crippen LogP contribution in [0.3, 0.4) is 0 Å². The Morgan fingerprint density at radius 1 is 1.39 bits per heavy atom. The third kappa shape index (κ3) is 3.04. The van der Waals surface area contributed by atoms with Gasteiger partial charge in [-0.1, -0.05) is 11.8 Å². The van der Waals surface area contributed by atoms with Gasteiger partial charge in [0.15, 0.2) is 0 Å². The molecule has 0 atom stereocenters. The van der Waals surface area contributed by atoms with E-state index in [2.05, 4.69) is 10.4 Å². The predicted octanol–water partition coefficient (Wildman–Crippen LogP) is 2.11. The summed E-state index contributed by atoms with van der Waals surface area (Å²) < 4.78 is 1.68. The van der Waals surface area contributed by atoms with Gasteiger partial charge in [-0.25, -0.2) is 0 Å². The zero-order valence-electron chi connectivity index (χ0n) is 10.2. The maximum absolute atomic E-state index is 10.9. The van der Waals surface area contributed by atoms with Gasteiger partial charge in [-0.2, -0.15) is 5.10 Å². The maximum Gasteiger partial charge on any atom is 0.221 e. The van der Waals surface area contributed by atoms with Gasteiger partial charge in [0.25, 0.3) is 0 Å². The Kier molecular flexibility index (Phi) is 3.57. The van der Waals surface area contributed by atoms with Crippen LogP contribution in [0.15, 0.2) is 40.4 Å². The fraction of sp³-hybridized carbons (Fsp3) is 0.167. The van der Waals surface area contributed by atoms with Gasteiger partial charge in [0.1, 0.15) is 5.03 Å². The van der Waals surface area contributed by atoms with E-state index in [0.717, 1.165) is 15.6 Å². The summed E-state index contributed by atoms with van der Waals surface area (Å²) in [5, 5.41) is 7.76. The van der Waals surface area contributed by atoms with Crippen molar-refractivity contribution in [3.05, 3.63) is 30.5 Å². The van der Waals surface area contributed by atoms with E-state index in [1.54, 1.807) is 10.9 Å². The van der Waals surface area contributed by atoms with Crippen LogP contribution in [0.5, 0.6) is 0 Å². The first kappa shape index (κ1) is 12.5. The number of anilines is 2. The minimum Gasteiger partial charge on any atom is -0.395 e. The third-order valence-corrected chi connectivity index (χ3v) is 3.23. The van der Waals surface area contributed by atoms with E-state index < -0.39 is 0 Å². The molecule has 0 spiro atoms. The second-order valence-corrected chi connectivity index (χ2v) is 4.93. The van der Waals surface area contributed by atoms with Crippen molar-refractivity contribution in [3.8, 4) is 0 Å². The van der Waals surface area contributed by atoms with Crippen molar-refractivity contribution in [2.75, 3.05) is 11.1 Å². The molecule has 0 bridgehead atoms. The molecular weight excluding hydrogens is 248 g/mol. The number of nitrogen functional groups attached to an aromatic ring is 1. The normalized spacial score (nSPS) is 10.3. The number of rotatable bonds is 3. The van der Waals surface area contributed by atoms with Crippen LogP contribution in [0, 0.1) is 0 Å². The van der Waals surface area contributed by atoms with Gasteiger partial charge in [0, 0.05) is 30.8 Å². The Balaban J connectivity index is 2.11. The van der Waals surface area contributed by atoms with Gasteiger partial charge < -0.3 is 11.1 Å². The molecular formula is C12H14N4OS. The largest absolute Gasteiger partial charge is 0.395 e. The number of carbonyl (C=O) groups excluding carboxylic acids is 1. The Morgan fingerprint density at radius 3 is 2.56 bits per heavy atom. The lowest BCUT2D eigenvalue weighted by Crippen LogP contribution is -2.05. The average molecular weight is 262 g/mol. The number of carbonyl (C=O) groups is 1. The summed E-state index contributed by atoms with van der Waals surface area (Å²) >= 11 is 1.49. The molecule has 5 nitrogen and oxygen atoms in total. The molecule has 18 heavy (non-hydrogen) atoms. The predicted molar refractivity (Wildman–Crippen MR) is 72.5 cm³/mol. The summed E-state index contributed by atoms with van der Waals surface area (Å²) in [7, 11) is 1.83. The molecule has 0 unspecified atom stereocenters. The van der Waals surface area contributed by atoms with Gasteiger partial charge in [0.05, 0.1) is 5.69 Å². The lowest BCUT2D eigenvalue weighted by Gasteiger charge is -2.03. The summed E-state index contributed by atoms with van der Waals surface area (Å²) in [5.74, 6) is -0.0793. The fourth-order valence-electron chi connectivity index (χ4n) is 1.49. The quantitative estimate of drug-likeness (QED) is 0.888. The van der Waals surface area contributed by atoms with Crippen LogP contribution in [0.25, 0.3) is 0 Å². The Labute approximate surface area is 109 Å². The highest BCUT2D eigenvalue weighted by atomic mass is 32.2. The van der Waals surface area contributed by atoms with Gasteiger partial charge in [-0.05, 0) is 24.3 Å². The summed E-state index contributed by atoms with van der Waals surface area (Å²) in [4.78, 5) is 11.9. The Hall–Kier alpha value is -1.95. The van der Waals surface area contributed by atoms with Crippen molar-refractivity contribution in [3.63, 3.8) is 0 Å². The van der Waals surface area contributed by atoms with Crippen LogP contribution < -0.4 is 11.1 Å². The standard InChI is InChI=1S/C12H14N4OS/c1-8(17)14-9-3-5-10(6-4-9)18-12-11(13)7-16(2)15-12/h3-7H,13H2,1-2H3,(H,14,17). The van der Waals surface area contributed by atoms with Gasteiger partial charge in [0.2, 0.25) is 5.91 Å². The summed E-state index contributed by atoms with van der Waals surface area (Å²) in [6.07, 6.45) is 1.77. The van der Waals surface area contributed by atoms with E-state index in [4.69, 9.17) is 5.73 Å². The maximum atomic E-state index is 10.9. The number of benzene rings is 1. The first-order chi connectivity index (χ1) is 8.54. The molecule has 2 aromatic rings. The lowest BCUT2D eigenvalue weighted by molar-refractivity contribution is -0.114. The molecule has 1 heterocycles. The van der Waals surface area contributed by atoms with E-state index in [1.807, 2.05) is 31.3 Å². The van der Waals surface area contributed by atoms with Crippen LogP contribution in [0.2, 0.25) is 0 Å². The van der Waals surface area contributed by atoms with Crippen molar-refractivity contribution in [1.29, 1.82) is 0 Å². The van der Waals surface area contributed by atoms with Crippen molar-refractivity contribution in [2.45, 2.75) is 16.8 Å². The SMILES string of the molecule is CC(=O)Nc1ccc(Sc2nn(C)cc2N)cc1. The first-order valence-electron chi connectivity index (χ1n) is 5.39. The summed E-state index contributed by atoms with van der Waals surface area (Å²) in [6, 6.07) is 7.54. The molecule has 1 aromatic heterocycles. The van der Waals surface area contributed by atoms with E-state index >= 15 is 0 Å². The zero-order chi connectivity index (χ0) is 13.1. The lowest BCUT2D eigenvalue weighted by atomic mass is 10.3. The molecule has 2 rings (SSSR count). The number of nitrogens with one attached hydrogen (secondary N) is 1.